The van der Waals surface area contributed by atoms with Crippen molar-refractivity contribution in [2.45, 2.75) is 33.1 Å². The second-order valence-corrected chi connectivity index (χ2v) is 5.49. The Morgan fingerprint density at radius 1 is 1.22 bits per heavy atom. The highest BCUT2D eigenvalue weighted by Gasteiger charge is 2.28. The van der Waals surface area contributed by atoms with Crippen molar-refractivity contribution in [1.29, 1.82) is 5.26 Å². The molecule has 0 saturated carbocycles. The van der Waals surface area contributed by atoms with Gasteiger partial charge in [0.15, 0.2) is 0 Å². The molecular weight excluding hydrogens is 257 g/mol. The summed E-state index contributed by atoms with van der Waals surface area (Å²) in [6.07, 6.45) is 1.37. The molecule has 0 heterocycles. The third-order valence-corrected chi connectivity index (χ3v) is 3.87. The van der Waals surface area contributed by atoms with Gasteiger partial charge in [0, 0.05) is 6.42 Å². The summed E-state index contributed by atoms with van der Waals surface area (Å²) in [4.78, 5) is 11.4. The summed E-state index contributed by atoms with van der Waals surface area (Å²) in [5.41, 5.74) is 0. The SMILES string of the molecule is CCOP(=O)(CC(=O)OCCCCC#N)OCC. The minimum atomic E-state index is -3.36. The largest absolute Gasteiger partial charge is 0.465 e. The van der Waals surface area contributed by atoms with Crippen molar-refractivity contribution >= 4 is 13.6 Å². The molecule has 0 aliphatic carbocycles. The number of ether oxygens (including phenoxy) is 1. The van der Waals surface area contributed by atoms with E-state index >= 15 is 0 Å². The molecule has 0 saturated heterocycles. The number of esters is 1. The van der Waals surface area contributed by atoms with Gasteiger partial charge in [-0.2, -0.15) is 5.26 Å². The predicted molar refractivity (Wildman–Crippen MR) is 66.1 cm³/mol. The quantitative estimate of drug-likeness (QED) is 0.346. The van der Waals surface area contributed by atoms with Gasteiger partial charge >= 0.3 is 13.6 Å². The van der Waals surface area contributed by atoms with Gasteiger partial charge in [0.05, 0.1) is 25.9 Å². The van der Waals surface area contributed by atoms with Crippen LogP contribution in [-0.2, 0) is 23.1 Å². The van der Waals surface area contributed by atoms with E-state index in [9.17, 15) is 9.36 Å². The lowest BCUT2D eigenvalue weighted by Gasteiger charge is -2.15. The second kappa shape index (κ2) is 10.1. The fourth-order valence-corrected chi connectivity index (χ4v) is 2.67. The smallest absolute Gasteiger partial charge is 0.341 e. The average molecular weight is 277 g/mol. The molecule has 0 amide bonds. The van der Waals surface area contributed by atoms with Crippen LogP contribution in [0.1, 0.15) is 33.1 Å². The molecule has 0 aromatic heterocycles. The zero-order valence-electron chi connectivity index (χ0n) is 10.9. The number of nitriles is 1. The lowest BCUT2D eigenvalue weighted by molar-refractivity contribution is -0.140. The van der Waals surface area contributed by atoms with Crippen LogP contribution in [-0.4, -0.2) is 32.0 Å². The van der Waals surface area contributed by atoms with E-state index in [1.165, 1.54) is 0 Å². The highest BCUT2D eigenvalue weighted by atomic mass is 31.2. The van der Waals surface area contributed by atoms with Crippen molar-refractivity contribution in [3.05, 3.63) is 0 Å². The van der Waals surface area contributed by atoms with Crippen LogP contribution < -0.4 is 0 Å². The fraction of sp³-hybridized carbons (Fsp3) is 0.818. The van der Waals surface area contributed by atoms with Crippen LogP contribution >= 0.6 is 7.60 Å². The maximum Gasteiger partial charge on any atom is 0.341 e. The van der Waals surface area contributed by atoms with E-state index in [1.54, 1.807) is 13.8 Å². The van der Waals surface area contributed by atoms with Crippen LogP contribution in [0.4, 0.5) is 0 Å². The van der Waals surface area contributed by atoms with E-state index in [4.69, 9.17) is 19.0 Å². The molecule has 0 unspecified atom stereocenters. The fourth-order valence-electron chi connectivity index (χ4n) is 1.22. The van der Waals surface area contributed by atoms with Crippen LogP contribution in [0.3, 0.4) is 0 Å². The van der Waals surface area contributed by atoms with E-state index < -0.39 is 13.6 Å². The molecule has 0 aromatic rings. The molecule has 6 nitrogen and oxygen atoms in total. The molecule has 0 aromatic carbocycles. The molecule has 18 heavy (non-hydrogen) atoms. The summed E-state index contributed by atoms with van der Waals surface area (Å²) in [5.74, 6) is -0.600. The molecule has 104 valence electrons. The van der Waals surface area contributed by atoms with E-state index in [-0.39, 0.29) is 26.0 Å². The zero-order valence-corrected chi connectivity index (χ0v) is 11.8. The first kappa shape index (κ1) is 17.1. The number of hydrogen-bond acceptors (Lipinski definition) is 6. The highest BCUT2D eigenvalue weighted by molar-refractivity contribution is 7.54. The van der Waals surface area contributed by atoms with Gasteiger partial charge in [-0.1, -0.05) is 0 Å². The number of carbonyl (C=O) groups excluding carboxylic acids is 1. The first-order valence-corrected chi connectivity index (χ1v) is 7.71. The van der Waals surface area contributed by atoms with Gasteiger partial charge in [-0.3, -0.25) is 9.36 Å². The average Bonchev–Trinajstić information content (AvgIpc) is 2.29. The van der Waals surface area contributed by atoms with Gasteiger partial charge in [-0.25, -0.2) is 0 Å². The summed E-state index contributed by atoms with van der Waals surface area (Å²) in [5, 5.41) is 8.32. The predicted octanol–water partition coefficient (Wildman–Crippen LogP) is 2.49. The Balaban J connectivity index is 3.96. The minimum absolute atomic E-state index is 0.215. The van der Waals surface area contributed by atoms with Crippen molar-refractivity contribution in [3.8, 4) is 6.07 Å². The topological polar surface area (TPSA) is 85.6 Å². The Bertz CT molecular complexity index is 316. The number of carbonyl (C=O) groups is 1. The molecule has 0 rings (SSSR count). The Morgan fingerprint density at radius 2 is 1.83 bits per heavy atom. The molecule has 7 heteroatoms. The van der Waals surface area contributed by atoms with Crippen molar-refractivity contribution in [2.75, 3.05) is 26.0 Å². The molecule has 0 atom stereocenters. The molecular formula is C11H20NO5P. The van der Waals surface area contributed by atoms with Crippen LogP contribution in [0.2, 0.25) is 0 Å². The number of unbranched alkanes of at least 4 members (excludes halogenated alkanes) is 2. The zero-order chi connectivity index (χ0) is 13.9. The summed E-state index contributed by atoms with van der Waals surface area (Å²) in [7, 11) is -3.36. The van der Waals surface area contributed by atoms with Crippen LogP contribution in [0, 0.1) is 11.3 Å². The summed E-state index contributed by atoms with van der Waals surface area (Å²) in [6.45, 7) is 4.01. The normalized spacial score (nSPS) is 10.9. The first-order valence-electron chi connectivity index (χ1n) is 5.98. The van der Waals surface area contributed by atoms with Crippen molar-refractivity contribution in [1.82, 2.24) is 0 Å². The maximum absolute atomic E-state index is 12.0. The van der Waals surface area contributed by atoms with E-state index in [0.29, 0.717) is 19.3 Å². The van der Waals surface area contributed by atoms with Crippen molar-refractivity contribution in [3.63, 3.8) is 0 Å². The summed E-state index contributed by atoms with van der Waals surface area (Å²) in [6, 6.07) is 2.00. The standard InChI is InChI=1S/C11H20NO5P/c1-3-16-18(14,17-4-2)10-11(13)15-9-7-5-6-8-12/h3-7,9-10H2,1-2H3. The van der Waals surface area contributed by atoms with Gasteiger partial charge < -0.3 is 13.8 Å². The first-order chi connectivity index (χ1) is 8.58. The highest BCUT2D eigenvalue weighted by Crippen LogP contribution is 2.47. The Kier molecular flexibility index (Phi) is 9.57. The molecule has 0 bridgehead atoms. The third-order valence-electron chi connectivity index (χ3n) is 1.92. The molecule has 0 N–H and O–H groups in total. The van der Waals surface area contributed by atoms with E-state index in [0.717, 1.165) is 0 Å². The van der Waals surface area contributed by atoms with Crippen LogP contribution in [0.15, 0.2) is 0 Å². The lowest BCUT2D eigenvalue weighted by Crippen LogP contribution is -2.14. The second-order valence-electron chi connectivity index (χ2n) is 3.44. The van der Waals surface area contributed by atoms with Gasteiger partial charge in [-0.05, 0) is 26.7 Å². The van der Waals surface area contributed by atoms with E-state index in [2.05, 4.69) is 0 Å². The van der Waals surface area contributed by atoms with E-state index in [1.807, 2.05) is 6.07 Å². The van der Waals surface area contributed by atoms with Crippen molar-refractivity contribution in [2.24, 2.45) is 0 Å². The molecule has 0 aliphatic rings. The monoisotopic (exact) mass is 277 g/mol. The number of rotatable bonds is 10. The van der Waals surface area contributed by atoms with Crippen LogP contribution in [0.25, 0.3) is 0 Å². The van der Waals surface area contributed by atoms with Gasteiger partial charge in [0.25, 0.3) is 0 Å². The molecule has 0 spiro atoms. The van der Waals surface area contributed by atoms with Gasteiger partial charge in [-0.15, -0.1) is 0 Å². The van der Waals surface area contributed by atoms with Crippen LogP contribution in [0.5, 0.6) is 0 Å². The minimum Gasteiger partial charge on any atom is -0.465 e. The maximum atomic E-state index is 12.0. The van der Waals surface area contributed by atoms with Crippen molar-refractivity contribution < 1.29 is 23.1 Å². The Labute approximate surface area is 108 Å². The van der Waals surface area contributed by atoms with Gasteiger partial charge in [0.2, 0.25) is 0 Å². The summed E-state index contributed by atoms with van der Waals surface area (Å²) < 4.78 is 26.8. The molecule has 0 fully saturated rings. The molecule has 0 radical (unpaired) electrons. The Hall–Kier alpha value is -0.890. The Morgan fingerprint density at radius 3 is 2.33 bits per heavy atom. The summed E-state index contributed by atoms with van der Waals surface area (Å²) >= 11 is 0. The van der Waals surface area contributed by atoms with Gasteiger partial charge in [0.1, 0.15) is 6.16 Å². The third kappa shape index (κ3) is 8.24. The number of nitrogens with zero attached hydrogens (tertiary/aromatic N) is 1. The lowest BCUT2D eigenvalue weighted by atomic mass is 10.3. The number of hydrogen-bond donors (Lipinski definition) is 0. The molecule has 0 aliphatic heterocycles.